The van der Waals surface area contributed by atoms with Crippen LogP contribution in [0.15, 0.2) is 35.9 Å². The number of nitrogens with zero attached hydrogens (tertiary/aromatic N) is 1. The van der Waals surface area contributed by atoms with E-state index in [0.29, 0.717) is 0 Å². The van der Waals surface area contributed by atoms with E-state index in [9.17, 15) is 4.79 Å². The lowest BCUT2D eigenvalue weighted by molar-refractivity contribution is -0.137. The van der Waals surface area contributed by atoms with Crippen molar-refractivity contribution in [1.82, 2.24) is 0 Å². The predicted molar refractivity (Wildman–Crippen MR) is 56.7 cm³/mol. The fraction of sp³-hybridized carbons (Fsp3) is 0.167. The Morgan fingerprint density at radius 3 is 2.67 bits per heavy atom. The number of benzene rings is 1. The Morgan fingerprint density at radius 2 is 2.13 bits per heavy atom. The zero-order chi connectivity index (χ0) is 11.1. The van der Waals surface area contributed by atoms with Crippen LogP contribution in [0.3, 0.4) is 0 Å². The van der Waals surface area contributed by atoms with Crippen LogP contribution in [0.1, 0.15) is 12.5 Å². The van der Waals surface area contributed by atoms with Crippen LogP contribution < -0.4 is 0 Å². The maximum absolute atomic E-state index is 11.3. The van der Waals surface area contributed by atoms with Gasteiger partial charge in [0.05, 0.1) is 6.61 Å². The van der Waals surface area contributed by atoms with E-state index in [1.165, 1.54) is 6.08 Å². The van der Waals surface area contributed by atoms with Gasteiger partial charge in [-0.2, -0.15) is 5.26 Å². The van der Waals surface area contributed by atoms with Crippen LogP contribution in [0, 0.1) is 11.3 Å². The third kappa shape index (κ3) is 3.28. The van der Waals surface area contributed by atoms with Crippen molar-refractivity contribution in [3.8, 4) is 6.07 Å². The highest BCUT2D eigenvalue weighted by molar-refractivity contribution is 5.97. The first-order valence-corrected chi connectivity index (χ1v) is 4.62. The largest absolute Gasteiger partial charge is 0.462 e. The van der Waals surface area contributed by atoms with Crippen LogP contribution in [-0.4, -0.2) is 12.6 Å². The van der Waals surface area contributed by atoms with E-state index in [1.807, 2.05) is 36.4 Å². The highest BCUT2D eigenvalue weighted by Gasteiger charge is 2.08. The summed E-state index contributed by atoms with van der Waals surface area (Å²) in [5.41, 5.74) is 0.824. The number of carbonyl (C=O) groups is 1. The third-order valence-electron chi connectivity index (χ3n) is 1.73. The Balaban J connectivity index is 2.89. The summed E-state index contributed by atoms with van der Waals surface area (Å²) in [6.45, 7) is 1.97. The van der Waals surface area contributed by atoms with Gasteiger partial charge in [0.25, 0.3) is 0 Å². The van der Waals surface area contributed by atoms with Gasteiger partial charge in [-0.15, -0.1) is 0 Å². The molecule has 0 aliphatic rings. The van der Waals surface area contributed by atoms with Gasteiger partial charge in [-0.05, 0) is 18.6 Å². The molecule has 3 heteroatoms. The second-order valence-corrected chi connectivity index (χ2v) is 2.80. The third-order valence-corrected chi connectivity index (χ3v) is 1.73. The smallest absolute Gasteiger partial charge is 0.348 e. The van der Waals surface area contributed by atoms with Gasteiger partial charge in [-0.1, -0.05) is 30.3 Å². The molecule has 0 fully saturated rings. The highest BCUT2D eigenvalue weighted by Crippen LogP contribution is 2.07. The molecule has 0 aromatic heterocycles. The van der Waals surface area contributed by atoms with E-state index < -0.39 is 5.97 Å². The van der Waals surface area contributed by atoms with Crippen LogP contribution in [0.4, 0.5) is 0 Å². The molecule has 0 radical (unpaired) electrons. The molecule has 1 rings (SSSR count). The lowest BCUT2D eigenvalue weighted by Gasteiger charge is -1.99. The number of rotatable bonds is 3. The molecular weight excluding hydrogens is 190 g/mol. The molecule has 0 unspecified atom stereocenters. The summed E-state index contributed by atoms with van der Waals surface area (Å²) in [7, 11) is 0. The van der Waals surface area contributed by atoms with Crippen molar-refractivity contribution in [3.05, 3.63) is 41.5 Å². The van der Waals surface area contributed by atoms with Gasteiger partial charge in [-0.3, -0.25) is 0 Å². The molecule has 0 bridgehead atoms. The van der Waals surface area contributed by atoms with E-state index in [-0.39, 0.29) is 12.2 Å². The van der Waals surface area contributed by atoms with Gasteiger partial charge >= 0.3 is 5.97 Å². The van der Waals surface area contributed by atoms with Gasteiger partial charge in [0, 0.05) is 0 Å². The average Bonchev–Trinajstić information content (AvgIpc) is 2.27. The molecule has 0 saturated carbocycles. The molecule has 0 N–H and O–H groups in total. The summed E-state index contributed by atoms with van der Waals surface area (Å²) in [5, 5.41) is 8.77. The molecule has 0 saturated heterocycles. The minimum atomic E-state index is -0.580. The Morgan fingerprint density at radius 1 is 1.47 bits per heavy atom. The summed E-state index contributed by atoms with van der Waals surface area (Å²) >= 11 is 0. The fourth-order valence-corrected chi connectivity index (χ4v) is 1.06. The molecule has 0 spiro atoms. The summed E-state index contributed by atoms with van der Waals surface area (Å²) in [4.78, 5) is 11.3. The molecule has 0 atom stereocenters. The normalized spacial score (nSPS) is 10.5. The van der Waals surface area contributed by atoms with Gasteiger partial charge in [0.15, 0.2) is 0 Å². The maximum atomic E-state index is 11.3. The van der Waals surface area contributed by atoms with Gasteiger partial charge < -0.3 is 4.74 Å². The van der Waals surface area contributed by atoms with Crippen LogP contribution in [-0.2, 0) is 9.53 Å². The van der Waals surface area contributed by atoms with E-state index in [4.69, 9.17) is 10.00 Å². The van der Waals surface area contributed by atoms with E-state index in [2.05, 4.69) is 0 Å². The standard InChI is InChI=1S/C12H11NO2/c1-2-15-12(14)11(9-13)8-10-6-4-3-5-7-10/h3-8H,2H2,1H3/b11-8-. The van der Waals surface area contributed by atoms with Crippen LogP contribution >= 0.6 is 0 Å². The molecule has 0 aliphatic heterocycles. The molecule has 1 aromatic carbocycles. The minimum absolute atomic E-state index is 0.0167. The number of ether oxygens (including phenoxy) is 1. The SMILES string of the molecule is CCOC(=O)/C(C#N)=C\c1ccccc1. The molecule has 76 valence electrons. The minimum Gasteiger partial charge on any atom is -0.462 e. The predicted octanol–water partition coefficient (Wildman–Crippen LogP) is 2.16. The molecule has 0 amide bonds. The fourth-order valence-electron chi connectivity index (χ4n) is 1.06. The molecule has 15 heavy (non-hydrogen) atoms. The van der Waals surface area contributed by atoms with Gasteiger partial charge in [0.1, 0.15) is 11.6 Å². The second kappa shape index (κ2) is 5.61. The monoisotopic (exact) mass is 201 g/mol. The lowest BCUT2D eigenvalue weighted by atomic mass is 10.1. The van der Waals surface area contributed by atoms with Crippen molar-refractivity contribution in [3.63, 3.8) is 0 Å². The van der Waals surface area contributed by atoms with Crippen LogP contribution in [0.5, 0.6) is 0 Å². The van der Waals surface area contributed by atoms with Crippen LogP contribution in [0.2, 0.25) is 0 Å². The Hall–Kier alpha value is -2.08. The highest BCUT2D eigenvalue weighted by atomic mass is 16.5. The Kier molecular flexibility index (Phi) is 4.11. The average molecular weight is 201 g/mol. The molecule has 3 nitrogen and oxygen atoms in total. The summed E-state index contributed by atoms with van der Waals surface area (Å²) in [6, 6.07) is 11.0. The van der Waals surface area contributed by atoms with Crippen molar-refractivity contribution >= 4 is 12.0 Å². The number of carbonyl (C=O) groups excluding carboxylic acids is 1. The summed E-state index contributed by atoms with van der Waals surface area (Å²) < 4.78 is 4.74. The topological polar surface area (TPSA) is 50.1 Å². The first-order valence-electron chi connectivity index (χ1n) is 4.62. The van der Waals surface area contributed by atoms with Gasteiger partial charge in [-0.25, -0.2) is 4.79 Å². The summed E-state index contributed by atoms with van der Waals surface area (Å²) in [5.74, 6) is -0.580. The van der Waals surface area contributed by atoms with E-state index in [0.717, 1.165) is 5.56 Å². The Bertz CT molecular complexity index is 401. The van der Waals surface area contributed by atoms with Crippen molar-refractivity contribution in [2.45, 2.75) is 6.92 Å². The van der Waals surface area contributed by atoms with Crippen molar-refractivity contribution in [2.75, 3.05) is 6.61 Å². The van der Waals surface area contributed by atoms with Crippen molar-refractivity contribution in [1.29, 1.82) is 5.26 Å². The zero-order valence-corrected chi connectivity index (χ0v) is 8.43. The molecule has 1 aromatic rings. The number of hydrogen-bond donors (Lipinski definition) is 0. The molecule has 0 heterocycles. The second-order valence-electron chi connectivity index (χ2n) is 2.80. The number of hydrogen-bond acceptors (Lipinski definition) is 3. The van der Waals surface area contributed by atoms with Crippen LogP contribution in [0.25, 0.3) is 6.08 Å². The van der Waals surface area contributed by atoms with E-state index >= 15 is 0 Å². The summed E-state index contributed by atoms with van der Waals surface area (Å²) in [6.07, 6.45) is 1.51. The van der Waals surface area contributed by atoms with E-state index in [1.54, 1.807) is 6.92 Å². The molecular formula is C12H11NO2. The van der Waals surface area contributed by atoms with Crippen molar-refractivity contribution in [2.24, 2.45) is 0 Å². The quantitative estimate of drug-likeness (QED) is 0.427. The number of esters is 1. The van der Waals surface area contributed by atoms with Crippen molar-refractivity contribution < 1.29 is 9.53 Å². The first-order chi connectivity index (χ1) is 7.27. The lowest BCUT2D eigenvalue weighted by Crippen LogP contribution is -2.05. The zero-order valence-electron chi connectivity index (χ0n) is 8.43. The number of nitriles is 1. The Labute approximate surface area is 88.6 Å². The first kappa shape index (κ1) is 11.0. The van der Waals surface area contributed by atoms with Gasteiger partial charge in [0.2, 0.25) is 0 Å². The maximum Gasteiger partial charge on any atom is 0.348 e. The molecule has 0 aliphatic carbocycles.